The SMILES string of the molecule is NC(=S)CN(CCCF)C1CCCC1. The number of thiocarbonyl (C=S) groups is 1. The van der Waals surface area contributed by atoms with Gasteiger partial charge in [0.1, 0.15) is 0 Å². The summed E-state index contributed by atoms with van der Waals surface area (Å²) in [7, 11) is 0. The Hall–Kier alpha value is -0.220. The van der Waals surface area contributed by atoms with Gasteiger partial charge in [-0.1, -0.05) is 25.1 Å². The zero-order valence-corrected chi connectivity index (χ0v) is 9.36. The summed E-state index contributed by atoms with van der Waals surface area (Å²) in [6.07, 6.45) is 5.60. The van der Waals surface area contributed by atoms with Crippen LogP contribution in [0.15, 0.2) is 0 Å². The van der Waals surface area contributed by atoms with Crippen molar-refractivity contribution < 1.29 is 4.39 Å². The fraction of sp³-hybridized carbons (Fsp3) is 0.900. The van der Waals surface area contributed by atoms with E-state index in [1.165, 1.54) is 25.7 Å². The molecule has 1 saturated carbocycles. The first-order valence-electron chi connectivity index (χ1n) is 5.32. The van der Waals surface area contributed by atoms with Crippen molar-refractivity contribution in [2.24, 2.45) is 5.73 Å². The minimum Gasteiger partial charge on any atom is -0.392 e. The maximum absolute atomic E-state index is 12.1. The molecular weight excluding hydrogens is 199 g/mol. The summed E-state index contributed by atoms with van der Waals surface area (Å²) in [5.41, 5.74) is 5.53. The molecule has 0 aromatic rings. The molecule has 1 rings (SSSR count). The van der Waals surface area contributed by atoms with Crippen LogP contribution in [0.4, 0.5) is 4.39 Å². The van der Waals surface area contributed by atoms with Crippen LogP contribution < -0.4 is 5.73 Å². The van der Waals surface area contributed by atoms with Crippen LogP contribution in [-0.4, -0.2) is 35.7 Å². The first-order chi connectivity index (χ1) is 6.74. The van der Waals surface area contributed by atoms with Crippen molar-refractivity contribution in [3.8, 4) is 0 Å². The molecule has 1 aliphatic carbocycles. The van der Waals surface area contributed by atoms with Gasteiger partial charge in [0.15, 0.2) is 0 Å². The highest BCUT2D eigenvalue weighted by atomic mass is 32.1. The van der Waals surface area contributed by atoms with Gasteiger partial charge in [-0.05, 0) is 19.3 Å². The van der Waals surface area contributed by atoms with E-state index in [1.54, 1.807) is 0 Å². The Morgan fingerprint density at radius 3 is 2.57 bits per heavy atom. The Morgan fingerprint density at radius 2 is 2.07 bits per heavy atom. The molecule has 1 aliphatic rings. The molecule has 0 amide bonds. The fourth-order valence-electron chi connectivity index (χ4n) is 2.12. The van der Waals surface area contributed by atoms with Gasteiger partial charge in [0.25, 0.3) is 0 Å². The quantitative estimate of drug-likeness (QED) is 0.690. The van der Waals surface area contributed by atoms with Crippen molar-refractivity contribution in [3.05, 3.63) is 0 Å². The number of rotatable bonds is 6. The maximum Gasteiger partial charge on any atom is 0.0906 e. The third-order valence-electron chi connectivity index (χ3n) is 2.78. The first kappa shape index (κ1) is 11.9. The molecule has 1 fully saturated rings. The molecule has 14 heavy (non-hydrogen) atoms. The summed E-state index contributed by atoms with van der Waals surface area (Å²) < 4.78 is 12.1. The molecular formula is C10H19FN2S. The van der Waals surface area contributed by atoms with E-state index in [0.717, 1.165) is 6.54 Å². The Bertz CT molecular complexity index is 181. The lowest BCUT2D eigenvalue weighted by molar-refractivity contribution is 0.217. The first-order valence-corrected chi connectivity index (χ1v) is 5.73. The number of hydrogen-bond acceptors (Lipinski definition) is 2. The topological polar surface area (TPSA) is 29.3 Å². The van der Waals surface area contributed by atoms with E-state index in [9.17, 15) is 4.39 Å². The largest absolute Gasteiger partial charge is 0.392 e. The maximum atomic E-state index is 12.1. The highest BCUT2D eigenvalue weighted by Crippen LogP contribution is 2.23. The lowest BCUT2D eigenvalue weighted by Crippen LogP contribution is -2.40. The van der Waals surface area contributed by atoms with Crippen molar-refractivity contribution in [1.29, 1.82) is 0 Å². The number of halogens is 1. The van der Waals surface area contributed by atoms with Crippen molar-refractivity contribution in [2.75, 3.05) is 19.8 Å². The number of hydrogen-bond donors (Lipinski definition) is 1. The second-order valence-electron chi connectivity index (χ2n) is 3.92. The second-order valence-corrected chi connectivity index (χ2v) is 4.44. The van der Waals surface area contributed by atoms with Gasteiger partial charge in [0, 0.05) is 19.1 Å². The molecule has 0 bridgehead atoms. The monoisotopic (exact) mass is 218 g/mol. The lowest BCUT2D eigenvalue weighted by Gasteiger charge is -2.27. The predicted octanol–water partition coefficient (Wildman–Crippen LogP) is 1.88. The smallest absolute Gasteiger partial charge is 0.0906 e. The second kappa shape index (κ2) is 6.30. The summed E-state index contributed by atoms with van der Waals surface area (Å²) >= 11 is 4.90. The van der Waals surface area contributed by atoms with Crippen LogP contribution in [0.2, 0.25) is 0 Å². The van der Waals surface area contributed by atoms with Gasteiger partial charge >= 0.3 is 0 Å². The fourth-order valence-corrected chi connectivity index (χ4v) is 2.29. The Kier molecular flexibility index (Phi) is 5.33. The average Bonchev–Trinajstić information content (AvgIpc) is 2.64. The van der Waals surface area contributed by atoms with Crippen LogP contribution in [0.3, 0.4) is 0 Å². The molecule has 0 saturated heterocycles. The van der Waals surface area contributed by atoms with Crippen LogP contribution in [-0.2, 0) is 0 Å². The standard InChI is InChI=1S/C10H19FN2S/c11-6-3-7-13(8-10(12)14)9-4-1-2-5-9/h9H,1-8H2,(H2,12,14). The molecule has 82 valence electrons. The molecule has 4 heteroatoms. The van der Waals surface area contributed by atoms with Gasteiger partial charge in [-0.3, -0.25) is 9.29 Å². The number of nitrogens with zero attached hydrogens (tertiary/aromatic N) is 1. The van der Waals surface area contributed by atoms with E-state index < -0.39 is 0 Å². The number of alkyl halides is 1. The zero-order chi connectivity index (χ0) is 10.4. The van der Waals surface area contributed by atoms with Crippen LogP contribution in [0.25, 0.3) is 0 Å². The van der Waals surface area contributed by atoms with Crippen LogP contribution in [0.1, 0.15) is 32.1 Å². The highest BCUT2D eigenvalue weighted by Gasteiger charge is 2.22. The Balaban J connectivity index is 2.37. The van der Waals surface area contributed by atoms with Gasteiger partial charge in [0.2, 0.25) is 0 Å². The third-order valence-corrected chi connectivity index (χ3v) is 2.91. The van der Waals surface area contributed by atoms with Crippen molar-refractivity contribution in [3.63, 3.8) is 0 Å². The Labute approximate surface area is 90.6 Å². The minimum absolute atomic E-state index is 0.249. The highest BCUT2D eigenvalue weighted by molar-refractivity contribution is 7.80. The van der Waals surface area contributed by atoms with Crippen molar-refractivity contribution >= 4 is 17.2 Å². The molecule has 0 aromatic heterocycles. The van der Waals surface area contributed by atoms with Gasteiger partial charge in [0.05, 0.1) is 11.7 Å². The van der Waals surface area contributed by atoms with Crippen molar-refractivity contribution in [2.45, 2.75) is 38.1 Å². The molecule has 2 nitrogen and oxygen atoms in total. The van der Waals surface area contributed by atoms with Gasteiger partial charge in [-0.2, -0.15) is 0 Å². The average molecular weight is 218 g/mol. The minimum atomic E-state index is -0.249. The molecule has 2 N–H and O–H groups in total. The lowest BCUT2D eigenvalue weighted by atomic mass is 10.2. The predicted molar refractivity (Wildman–Crippen MR) is 61.2 cm³/mol. The normalized spacial score (nSPS) is 17.9. The molecule has 0 radical (unpaired) electrons. The number of nitrogens with two attached hydrogens (primary N) is 1. The molecule has 0 spiro atoms. The third kappa shape index (κ3) is 3.88. The van der Waals surface area contributed by atoms with E-state index in [1.807, 2.05) is 0 Å². The summed E-state index contributed by atoms with van der Waals surface area (Å²) in [6, 6.07) is 0.586. The summed E-state index contributed by atoms with van der Waals surface area (Å²) in [4.78, 5) is 2.77. The van der Waals surface area contributed by atoms with Crippen LogP contribution in [0.5, 0.6) is 0 Å². The Morgan fingerprint density at radius 1 is 1.43 bits per heavy atom. The van der Waals surface area contributed by atoms with E-state index in [4.69, 9.17) is 18.0 Å². The van der Waals surface area contributed by atoms with E-state index >= 15 is 0 Å². The summed E-state index contributed by atoms with van der Waals surface area (Å²) in [6.45, 7) is 1.19. The van der Waals surface area contributed by atoms with E-state index in [-0.39, 0.29) is 6.67 Å². The van der Waals surface area contributed by atoms with Gasteiger partial charge < -0.3 is 5.73 Å². The molecule has 0 atom stereocenters. The zero-order valence-electron chi connectivity index (χ0n) is 8.54. The van der Waals surface area contributed by atoms with Crippen LogP contribution in [0, 0.1) is 0 Å². The van der Waals surface area contributed by atoms with Gasteiger partial charge in [-0.15, -0.1) is 0 Å². The molecule has 0 aromatic carbocycles. The van der Waals surface area contributed by atoms with E-state index in [0.29, 0.717) is 24.0 Å². The van der Waals surface area contributed by atoms with E-state index in [2.05, 4.69) is 4.90 Å². The summed E-state index contributed by atoms with van der Waals surface area (Å²) in [5.74, 6) is 0. The summed E-state index contributed by atoms with van der Waals surface area (Å²) in [5, 5.41) is 0. The van der Waals surface area contributed by atoms with Crippen LogP contribution >= 0.6 is 12.2 Å². The van der Waals surface area contributed by atoms with Crippen molar-refractivity contribution in [1.82, 2.24) is 4.90 Å². The molecule has 0 heterocycles. The molecule has 0 aliphatic heterocycles. The van der Waals surface area contributed by atoms with Gasteiger partial charge in [-0.25, -0.2) is 0 Å². The molecule has 0 unspecified atom stereocenters.